The largest absolute Gasteiger partial charge is 0.407 e. The van der Waals surface area contributed by atoms with E-state index in [1.807, 2.05) is 0 Å². The third-order valence-electron chi connectivity index (χ3n) is 4.87. The van der Waals surface area contributed by atoms with Gasteiger partial charge in [0, 0.05) is 11.8 Å². The average Bonchev–Trinajstić information content (AvgIpc) is 2.47. The Morgan fingerprint density at radius 2 is 1.05 bits per heavy atom. The minimum absolute atomic E-state index is 0.00523. The van der Waals surface area contributed by atoms with E-state index in [1.165, 1.54) is 0 Å². The summed E-state index contributed by atoms with van der Waals surface area (Å²) in [5.74, 6) is -1.28. The summed E-state index contributed by atoms with van der Waals surface area (Å²) in [6.07, 6.45) is 8.19. The van der Waals surface area contributed by atoms with Gasteiger partial charge in [-0.15, -0.1) is 0 Å². The standard InChI is InChI=1S/C15H26N2O4/c16-13(18)20-15(21-14(17)19,11-7-3-1-4-8-11)12-9-5-2-6-10-12/h11-12H,1-10H2,(H2,16,18)(H2,17,19). The first-order valence-corrected chi connectivity index (χ1v) is 8.01. The predicted molar refractivity (Wildman–Crippen MR) is 77.2 cm³/mol. The van der Waals surface area contributed by atoms with Gasteiger partial charge >= 0.3 is 12.2 Å². The van der Waals surface area contributed by atoms with E-state index in [4.69, 9.17) is 20.9 Å². The van der Waals surface area contributed by atoms with Gasteiger partial charge in [0.1, 0.15) is 0 Å². The molecule has 0 heterocycles. The smallest absolute Gasteiger partial charge is 0.406 e. The van der Waals surface area contributed by atoms with Gasteiger partial charge in [-0.05, 0) is 25.7 Å². The highest BCUT2D eigenvalue weighted by Gasteiger charge is 2.52. The molecule has 2 rings (SSSR count). The fraction of sp³-hybridized carbons (Fsp3) is 0.867. The van der Waals surface area contributed by atoms with Gasteiger partial charge in [0.2, 0.25) is 0 Å². The van der Waals surface area contributed by atoms with Gasteiger partial charge in [-0.2, -0.15) is 0 Å². The molecule has 6 heteroatoms. The number of amides is 2. The van der Waals surface area contributed by atoms with Crippen LogP contribution in [-0.4, -0.2) is 18.0 Å². The van der Waals surface area contributed by atoms with E-state index in [9.17, 15) is 9.59 Å². The molecule has 2 amide bonds. The monoisotopic (exact) mass is 298 g/mol. The van der Waals surface area contributed by atoms with Gasteiger partial charge in [0.25, 0.3) is 5.79 Å². The van der Waals surface area contributed by atoms with Crippen molar-refractivity contribution in [3.63, 3.8) is 0 Å². The molecule has 21 heavy (non-hydrogen) atoms. The zero-order valence-corrected chi connectivity index (χ0v) is 12.5. The number of ether oxygens (including phenoxy) is 2. The zero-order chi connectivity index (χ0) is 15.3. The lowest BCUT2D eigenvalue weighted by molar-refractivity contribution is -0.240. The highest BCUT2D eigenvalue weighted by atomic mass is 16.7. The Kier molecular flexibility index (Phi) is 5.31. The Balaban J connectivity index is 2.29. The van der Waals surface area contributed by atoms with Crippen molar-refractivity contribution >= 4 is 12.2 Å². The molecule has 0 saturated heterocycles. The van der Waals surface area contributed by atoms with E-state index < -0.39 is 18.0 Å². The van der Waals surface area contributed by atoms with E-state index in [1.54, 1.807) is 0 Å². The van der Waals surface area contributed by atoms with Crippen molar-refractivity contribution in [3.8, 4) is 0 Å². The van der Waals surface area contributed by atoms with Crippen LogP contribution in [0.5, 0.6) is 0 Å². The highest BCUT2D eigenvalue weighted by Crippen LogP contribution is 2.46. The van der Waals surface area contributed by atoms with Crippen LogP contribution in [0, 0.1) is 11.8 Å². The van der Waals surface area contributed by atoms with Gasteiger partial charge in [-0.3, -0.25) is 0 Å². The van der Waals surface area contributed by atoms with Crippen molar-refractivity contribution in [2.75, 3.05) is 0 Å². The first-order valence-electron chi connectivity index (χ1n) is 8.01. The fourth-order valence-corrected chi connectivity index (χ4v) is 4.01. The van der Waals surface area contributed by atoms with Crippen molar-refractivity contribution in [1.29, 1.82) is 0 Å². The second-order valence-electron chi connectivity index (χ2n) is 6.23. The minimum Gasteiger partial charge on any atom is -0.406 e. The molecule has 2 saturated carbocycles. The summed E-state index contributed by atoms with van der Waals surface area (Å²) >= 11 is 0. The Hall–Kier alpha value is -1.46. The summed E-state index contributed by atoms with van der Waals surface area (Å²) in [5.41, 5.74) is 10.5. The number of carbonyl (C=O) groups excluding carboxylic acids is 2. The molecule has 0 aromatic rings. The molecular weight excluding hydrogens is 272 g/mol. The normalized spacial score (nSPS) is 21.7. The van der Waals surface area contributed by atoms with Crippen molar-refractivity contribution in [3.05, 3.63) is 0 Å². The average molecular weight is 298 g/mol. The lowest BCUT2D eigenvalue weighted by atomic mass is 9.72. The second kappa shape index (κ2) is 7.00. The topological polar surface area (TPSA) is 105 Å². The maximum Gasteiger partial charge on any atom is 0.407 e. The number of primary amides is 2. The number of nitrogens with two attached hydrogens (primary N) is 2. The molecule has 120 valence electrons. The Bertz CT molecular complexity index is 338. The van der Waals surface area contributed by atoms with Crippen LogP contribution in [0.25, 0.3) is 0 Å². The lowest BCUT2D eigenvalue weighted by Gasteiger charge is -2.45. The van der Waals surface area contributed by atoms with Crippen LogP contribution >= 0.6 is 0 Å². The minimum atomic E-state index is -1.27. The molecular formula is C15H26N2O4. The van der Waals surface area contributed by atoms with Crippen LogP contribution in [0.1, 0.15) is 64.2 Å². The molecule has 0 bridgehead atoms. The number of carbonyl (C=O) groups is 2. The molecule has 0 atom stereocenters. The second-order valence-corrected chi connectivity index (χ2v) is 6.23. The molecule has 2 aliphatic rings. The summed E-state index contributed by atoms with van der Waals surface area (Å²) in [5, 5.41) is 0. The van der Waals surface area contributed by atoms with Crippen molar-refractivity contribution in [2.45, 2.75) is 70.0 Å². The molecule has 0 spiro atoms. The van der Waals surface area contributed by atoms with Crippen LogP contribution < -0.4 is 11.5 Å². The third-order valence-corrected chi connectivity index (χ3v) is 4.87. The first-order chi connectivity index (χ1) is 10.0. The molecule has 0 aromatic carbocycles. The van der Waals surface area contributed by atoms with Crippen molar-refractivity contribution in [2.24, 2.45) is 23.3 Å². The van der Waals surface area contributed by atoms with E-state index in [-0.39, 0.29) is 11.8 Å². The van der Waals surface area contributed by atoms with Gasteiger partial charge in [-0.1, -0.05) is 38.5 Å². The molecule has 2 fully saturated rings. The Morgan fingerprint density at radius 1 is 0.714 bits per heavy atom. The van der Waals surface area contributed by atoms with Gasteiger partial charge < -0.3 is 20.9 Å². The summed E-state index contributed by atoms with van der Waals surface area (Å²) in [6, 6.07) is 0. The van der Waals surface area contributed by atoms with Crippen LogP contribution in [0.2, 0.25) is 0 Å². The van der Waals surface area contributed by atoms with E-state index in [0.29, 0.717) is 0 Å². The van der Waals surface area contributed by atoms with E-state index in [2.05, 4.69) is 0 Å². The van der Waals surface area contributed by atoms with Crippen LogP contribution in [-0.2, 0) is 9.47 Å². The number of hydrogen-bond acceptors (Lipinski definition) is 4. The summed E-state index contributed by atoms with van der Waals surface area (Å²) < 4.78 is 10.9. The fourth-order valence-electron chi connectivity index (χ4n) is 4.01. The molecule has 4 N–H and O–H groups in total. The molecule has 0 aromatic heterocycles. The lowest BCUT2D eigenvalue weighted by Crippen LogP contribution is -2.55. The van der Waals surface area contributed by atoms with Crippen LogP contribution in [0.4, 0.5) is 9.59 Å². The number of rotatable bonds is 4. The maximum absolute atomic E-state index is 11.4. The summed E-state index contributed by atoms with van der Waals surface area (Å²) in [4.78, 5) is 22.9. The van der Waals surface area contributed by atoms with Crippen LogP contribution in [0.3, 0.4) is 0 Å². The SMILES string of the molecule is NC(=O)OC(OC(N)=O)(C1CCCCC1)C1CCCCC1. The van der Waals surface area contributed by atoms with E-state index in [0.717, 1.165) is 64.2 Å². The number of hydrogen-bond donors (Lipinski definition) is 2. The predicted octanol–water partition coefficient (Wildman–Crippen LogP) is 3.03. The molecule has 6 nitrogen and oxygen atoms in total. The molecule has 0 aliphatic heterocycles. The van der Waals surface area contributed by atoms with E-state index >= 15 is 0 Å². The maximum atomic E-state index is 11.4. The third kappa shape index (κ3) is 3.80. The zero-order valence-electron chi connectivity index (χ0n) is 12.5. The van der Waals surface area contributed by atoms with Crippen molar-refractivity contribution < 1.29 is 19.1 Å². The quantitative estimate of drug-likeness (QED) is 0.778. The van der Waals surface area contributed by atoms with Crippen molar-refractivity contribution in [1.82, 2.24) is 0 Å². The summed E-state index contributed by atoms with van der Waals surface area (Å²) in [6.45, 7) is 0. The molecule has 2 aliphatic carbocycles. The summed E-state index contributed by atoms with van der Waals surface area (Å²) in [7, 11) is 0. The van der Waals surface area contributed by atoms with Gasteiger partial charge in [-0.25, -0.2) is 9.59 Å². The Labute approximate surface area is 125 Å². The van der Waals surface area contributed by atoms with Crippen LogP contribution in [0.15, 0.2) is 0 Å². The molecule has 0 unspecified atom stereocenters. The highest BCUT2D eigenvalue weighted by molar-refractivity contribution is 5.67. The first kappa shape index (κ1) is 15.9. The van der Waals surface area contributed by atoms with Gasteiger partial charge in [0.05, 0.1) is 0 Å². The molecule has 0 radical (unpaired) electrons. The van der Waals surface area contributed by atoms with Gasteiger partial charge in [0.15, 0.2) is 0 Å². The Morgan fingerprint density at radius 3 is 1.33 bits per heavy atom.